The van der Waals surface area contributed by atoms with Gasteiger partial charge in [-0.2, -0.15) is 0 Å². The standard InChI is InChI=1S/C46H33N3O3/c1-49-45(27-12-3-2-4-13-27)47-44(36-20-10-18-33-30-15-6-8-22-38(30)52-43(33)36)48-46(49)28-24-25-35-40(26-28)50-39-23-11-16-31(41(35)39)34-19-9-17-32-29-14-5-7-21-37(29)51-42(32)34/h2-26,44-48H,1H3. The highest BCUT2D eigenvalue weighted by molar-refractivity contribution is 6.17. The van der Waals surface area contributed by atoms with Crippen molar-refractivity contribution in [2.75, 3.05) is 7.05 Å². The summed E-state index contributed by atoms with van der Waals surface area (Å²) in [4.78, 5) is 2.35. The molecule has 3 atom stereocenters. The Bertz CT molecular complexity index is 2970. The Balaban J connectivity index is 1.04. The van der Waals surface area contributed by atoms with Crippen molar-refractivity contribution in [2.45, 2.75) is 18.5 Å². The Kier molecular flexibility index (Phi) is 6.49. The molecule has 0 aliphatic carbocycles. The molecule has 4 heterocycles. The third-order valence-electron chi connectivity index (χ3n) is 10.9. The van der Waals surface area contributed by atoms with Gasteiger partial charge in [-0.25, -0.2) is 0 Å². The molecule has 1 fully saturated rings. The van der Waals surface area contributed by atoms with Gasteiger partial charge in [-0.1, -0.05) is 127 Å². The summed E-state index contributed by atoms with van der Waals surface area (Å²) in [6.45, 7) is 0. The van der Waals surface area contributed by atoms with Crippen molar-refractivity contribution >= 4 is 65.8 Å². The first-order chi connectivity index (χ1) is 25.7. The molecule has 0 bridgehead atoms. The molecule has 11 rings (SSSR count). The lowest BCUT2D eigenvalue weighted by molar-refractivity contribution is 0.0418. The molecule has 6 heteroatoms. The second-order valence-corrected chi connectivity index (χ2v) is 13.8. The van der Waals surface area contributed by atoms with Gasteiger partial charge in [0, 0.05) is 43.4 Å². The van der Waals surface area contributed by atoms with Crippen LogP contribution in [0.2, 0.25) is 0 Å². The van der Waals surface area contributed by atoms with E-state index in [1.54, 1.807) is 0 Å². The number of hydrogen-bond acceptors (Lipinski definition) is 6. The maximum absolute atomic E-state index is 6.66. The lowest BCUT2D eigenvalue weighted by Crippen LogP contribution is -2.54. The monoisotopic (exact) mass is 675 g/mol. The van der Waals surface area contributed by atoms with Crippen molar-refractivity contribution in [3.63, 3.8) is 0 Å². The van der Waals surface area contributed by atoms with E-state index < -0.39 is 0 Å². The van der Waals surface area contributed by atoms with Crippen molar-refractivity contribution < 1.29 is 13.3 Å². The fourth-order valence-electron chi connectivity index (χ4n) is 8.42. The summed E-state index contributed by atoms with van der Waals surface area (Å²) < 4.78 is 19.6. The third-order valence-corrected chi connectivity index (χ3v) is 10.9. The van der Waals surface area contributed by atoms with Crippen LogP contribution in [0.3, 0.4) is 0 Å². The summed E-state index contributed by atoms with van der Waals surface area (Å²) in [7, 11) is 2.16. The van der Waals surface area contributed by atoms with Crippen LogP contribution >= 0.6 is 0 Å². The number of nitrogens with zero attached hydrogens (tertiary/aromatic N) is 1. The van der Waals surface area contributed by atoms with Gasteiger partial charge in [0.2, 0.25) is 0 Å². The molecule has 3 unspecified atom stereocenters. The first-order valence-electron chi connectivity index (χ1n) is 17.7. The maximum atomic E-state index is 6.66. The quantitative estimate of drug-likeness (QED) is 0.194. The van der Waals surface area contributed by atoms with Gasteiger partial charge in [0.15, 0.2) is 0 Å². The number of hydrogen-bond donors (Lipinski definition) is 2. The molecule has 3 aromatic heterocycles. The lowest BCUT2D eigenvalue weighted by Gasteiger charge is -2.45. The summed E-state index contributed by atoms with van der Waals surface area (Å²) in [5, 5.41) is 14.5. The zero-order valence-corrected chi connectivity index (χ0v) is 28.3. The van der Waals surface area contributed by atoms with Gasteiger partial charge in [0.25, 0.3) is 0 Å². The van der Waals surface area contributed by atoms with Crippen molar-refractivity contribution in [3.05, 3.63) is 168 Å². The summed E-state index contributed by atoms with van der Waals surface area (Å²) in [6.07, 6.45) is -0.408. The van der Waals surface area contributed by atoms with Gasteiger partial charge in [-0.05, 0) is 48.0 Å². The van der Waals surface area contributed by atoms with E-state index in [4.69, 9.17) is 13.3 Å². The minimum Gasteiger partial charge on any atom is -0.456 e. The van der Waals surface area contributed by atoms with Crippen molar-refractivity contribution in [3.8, 4) is 11.1 Å². The van der Waals surface area contributed by atoms with Crippen LogP contribution < -0.4 is 10.6 Å². The SMILES string of the molecule is CN1C(c2ccccc2)NC(c2cccc3c2oc2ccccc23)NC1c1ccc2c(c1)oc1cccc(-c3cccc4c3oc3ccccc34)c12. The Labute approximate surface area is 298 Å². The summed E-state index contributed by atoms with van der Waals surface area (Å²) in [5.41, 5.74) is 10.8. The first kappa shape index (κ1) is 29.5. The van der Waals surface area contributed by atoms with E-state index in [0.29, 0.717) is 0 Å². The molecule has 250 valence electrons. The van der Waals surface area contributed by atoms with E-state index in [9.17, 15) is 0 Å². The van der Waals surface area contributed by atoms with E-state index in [1.165, 1.54) is 5.56 Å². The normalized spacial score (nSPS) is 18.4. The number of fused-ring (bicyclic) bond motifs is 9. The van der Waals surface area contributed by atoms with Crippen LogP contribution in [0.15, 0.2) is 165 Å². The third kappa shape index (κ3) is 4.42. The van der Waals surface area contributed by atoms with Crippen molar-refractivity contribution in [1.29, 1.82) is 0 Å². The second kappa shape index (κ2) is 11.4. The average Bonchev–Trinajstić information content (AvgIpc) is 3.89. The molecule has 1 saturated heterocycles. The highest BCUT2D eigenvalue weighted by Crippen LogP contribution is 2.43. The molecule has 10 aromatic rings. The molecule has 52 heavy (non-hydrogen) atoms. The molecule has 0 amide bonds. The Morgan fingerprint density at radius 2 is 1.04 bits per heavy atom. The minimum atomic E-state index is -0.196. The molecule has 1 aliphatic rings. The molecule has 7 aromatic carbocycles. The van der Waals surface area contributed by atoms with E-state index in [1.807, 2.05) is 24.3 Å². The van der Waals surface area contributed by atoms with Gasteiger partial charge in [0.1, 0.15) is 33.5 Å². The van der Waals surface area contributed by atoms with Crippen LogP contribution in [0.5, 0.6) is 0 Å². The number of benzene rings is 7. The molecule has 0 spiro atoms. The van der Waals surface area contributed by atoms with Crippen LogP contribution in [0.1, 0.15) is 35.2 Å². The first-order valence-corrected chi connectivity index (χ1v) is 17.7. The molecule has 2 N–H and O–H groups in total. The molecule has 6 nitrogen and oxygen atoms in total. The van der Waals surface area contributed by atoms with E-state index in [2.05, 4.69) is 150 Å². The fourth-order valence-corrected chi connectivity index (χ4v) is 8.42. The number of furan rings is 3. The van der Waals surface area contributed by atoms with Crippen molar-refractivity contribution in [1.82, 2.24) is 15.5 Å². The van der Waals surface area contributed by atoms with Crippen LogP contribution in [0.4, 0.5) is 0 Å². The van der Waals surface area contributed by atoms with Gasteiger partial charge >= 0.3 is 0 Å². The van der Waals surface area contributed by atoms with E-state index >= 15 is 0 Å². The van der Waals surface area contributed by atoms with Crippen molar-refractivity contribution in [2.24, 2.45) is 0 Å². The predicted molar refractivity (Wildman–Crippen MR) is 209 cm³/mol. The smallest absolute Gasteiger partial charge is 0.143 e. The number of para-hydroxylation sites is 4. The van der Waals surface area contributed by atoms with Gasteiger partial charge < -0.3 is 13.3 Å². The van der Waals surface area contributed by atoms with Gasteiger partial charge in [-0.15, -0.1) is 0 Å². The highest BCUT2D eigenvalue weighted by atomic mass is 16.3. The van der Waals surface area contributed by atoms with Crippen LogP contribution in [-0.2, 0) is 0 Å². The van der Waals surface area contributed by atoms with Crippen LogP contribution in [0.25, 0.3) is 76.9 Å². The summed E-state index contributed by atoms with van der Waals surface area (Å²) in [5.74, 6) is 0. The lowest BCUT2D eigenvalue weighted by atomic mass is 9.96. The Morgan fingerprint density at radius 1 is 0.442 bits per heavy atom. The minimum absolute atomic E-state index is 0.0700. The Morgan fingerprint density at radius 3 is 1.83 bits per heavy atom. The number of nitrogens with one attached hydrogen (secondary N) is 2. The maximum Gasteiger partial charge on any atom is 0.143 e. The zero-order chi connectivity index (χ0) is 34.3. The summed E-state index contributed by atoms with van der Waals surface area (Å²) >= 11 is 0. The summed E-state index contributed by atoms with van der Waals surface area (Å²) in [6, 6.07) is 52.9. The van der Waals surface area contributed by atoms with Crippen LogP contribution in [-0.4, -0.2) is 11.9 Å². The molecule has 1 aliphatic heterocycles. The van der Waals surface area contributed by atoms with E-state index in [0.717, 1.165) is 88.1 Å². The van der Waals surface area contributed by atoms with Crippen LogP contribution in [0, 0.1) is 0 Å². The molecular formula is C46H33N3O3. The highest BCUT2D eigenvalue weighted by Gasteiger charge is 2.36. The molecular weight excluding hydrogens is 643 g/mol. The molecule has 0 saturated carbocycles. The average molecular weight is 676 g/mol. The fraction of sp³-hybridized carbons (Fsp3) is 0.0870. The topological polar surface area (TPSA) is 66.7 Å². The zero-order valence-electron chi connectivity index (χ0n) is 28.3. The molecule has 0 radical (unpaired) electrons. The number of rotatable bonds is 4. The van der Waals surface area contributed by atoms with Gasteiger partial charge in [-0.3, -0.25) is 15.5 Å². The predicted octanol–water partition coefficient (Wildman–Crippen LogP) is 11.6. The second-order valence-electron chi connectivity index (χ2n) is 13.8. The Hall–Kier alpha value is -6.18. The van der Waals surface area contributed by atoms with E-state index in [-0.39, 0.29) is 18.5 Å². The largest absolute Gasteiger partial charge is 0.456 e. The van der Waals surface area contributed by atoms with Gasteiger partial charge in [0.05, 0.1) is 18.5 Å².